The number of pyridine rings is 1. The van der Waals surface area contributed by atoms with Gasteiger partial charge in [-0.1, -0.05) is 6.07 Å². The molecule has 2 rings (SSSR count). The molecule has 7 heteroatoms. The van der Waals surface area contributed by atoms with Crippen molar-refractivity contribution in [2.75, 3.05) is 12.4 Å². The Morgan fingerprint density at radius 2 is 2.28 bits per heavy atom. The predicted octanol–water partition coefficient (Wildman–Crippen LogP) is 1.58. The van der Waals surface area contributed by atoms with Gasteiger partial charge < -0.3 is 15.4 Å². The highest BCUT2D eigenvalue weighted by Crippen LogP contribution is 2.15. The molecule has 0 fully saturated rings. The standard InChI is InChI=1S/C11H13N5O2/c1-8-6-15(14-11(8)16(17)18)7-9-3-4-10(12-2)13-5-9/h3-6H,7H2,1-2H3,(H,12,13). The summed E-state index contributed by atoms with van der Waals surface area (Å²) in [6.07, 6.45) is 3.37. The number of rotatable bonds is 4. The zero-order valence-corrected chi connectivity index (χ0v) is 10.1. The number of aromatic nitrogens is 3. The molecule has 0 spiro atoms. The summed E-state index contributed by atoms with van der Waals surface area (Å²) in [5.41, 5.74) is 1.49. The molecule has 94 valence electrons. The van der Waals surface area contributed by atoms with E-state index in [1.54, 1.807) is 31.0 Å². The van der Waals surface area contributed by atoms with E-state index >= 15 is 0 Å². The van der Waals surface area contributed by atoms with Gasteiger partial charge in [0.25, 0.3) is 0 Å². The topological polar surface area (TPSA) is 85.9 Å². The van der Waals surface area contributed by atoms with Gasteiger partial charge in [-0.2, -0.15) is 4.68 Å². The first-order valence-corrected chi connectivity index (χ1v) is 5.41. The van der Waals surface area contributed by atoms with E-state index in [9.17, 15) is 10.1 Å². The summed E-state index contributed by atoms with van der Waals surface area (Å²) in [4.78, 5) is 14.4. The number of hydrogen-bond acceptors (Lipinski definition) is 5. The maximum Gasteiger partial charge on any atom is 0.392 e. The molecule has 18 heavy (non-hydrogen) atoms. The van der Waals surface area contributed by atoms with E-state index in [1.807, 2.05) is 12.1 Å². The van der Waals surface area contributed by atoms with E-state index in [0.717, 1.165) is 11.4 Å². The van der Waals surface area contributed by atoms with Crippen molar-refractivity contribution in [2.24, 2.45) is 0 Å². The summed E-state index contributed by atoms with van der Waals surface area (Å²) in [5, 5.41) is 17.5. The fourth-order valence-electron chi connectivity index (χ4n) is 1.63. The molecule has 0 aliphatic rings. The van der Waals surface area contributed by atoms with Crippen LogP contribution in [-0.4, -0.2) is 26.7 Å². The van der Waals surface area contributed by atoms with Gasteiger partial charge in [-0.15, -0.1) is 0 Å². The number of nitro groups is 1. The quantitative estimate of drug-likeness (QED) is 0.654. The molecule has 0 saturated heterocycles. The van der Waals surface area contributed by atoms with Gasteiger partial charge in [-0.3, -0.25) is 0 Å². The number of anilines is 1. The maximum absolute atomic E-state index is 10.7. The Morgan fingerprint density at radius 3 is 2.78 bits per heavy atom. The summed E-state index contributed by atoms with van der Waals surface area (Å²) in [6.45, 7) is 2.13. The summed E-state index contributed by atoms with van der Waals surface area (Å²) in [7, 11) is 1.79. The maximum atomic E-state index is 10.7. The van der Waals surface area contributed by atoms with Crippen molar-refractivity contribution in [1.29, 1.82) is 0 Å². The van der Waals surface area contributed by atoms with E-state index < -0.39 is 4.92 Å². The zero-order valence-electron chi connectivity index (χ0n) is 10.1. The van der Waals surface area contributed by atoms with Crippen molar-refractivity contribution < 1.29 is 4.92 Å². The van der Waals surface area contributed by atoms with Crippen molar-refractivity contribution in [3.05, 3.63) is 45.8 Å². The lowest BCUT2D eigenvalue weighted by Crippen LogP contribution is -2.02. The predicted molar refractivity (Wildman–Crippen MR) is 66.5 cm³/mol. The van der Waals surface area contributed by atoms with E-state index in [0.29, 0.717) is 12.1 Å². The Morgan fingerprint density at radius 1 is 1.50 bits per heavy atom. The van der Waals surface area contributed by atoms with Crippen LogP contribution in [0, 0.1) is 17.0 Å². The lowest BCUT2D eigenvalue weighted by Gasteiger charge is -2.00. The monoisotopic (exact) mass is 247 g/mol. The van der Waals surface area contributed by atoms with Gasteiger partial charge in [0.2, 0.25) is 0 Å². The Hall–Kier alpha value is -2.44. The molecule has 0 amide bonds. The van der Waals surface area contributed by atoms with Crippen LogP contribution in [0.1, 0.15) is 11.1 Å². The highest BCUT2D eigenvalue weighted by Gasteiger charge is 2.16. The Kier molecular flexibility index (Phi) is 3.22. The molecule has 1 N–H and O–H groups in total. The lowest BCUT2D eigenvalue weighted by atomic mass is 10.3. The molecule has 0 saturated carbocycles. The van der Waals surface area contributed by atoms with Gasteiger partial charge in [0.05, 0.1) is 23.4 Å². The Bertz CT molecular complexity index is 561. The third-order valence-electron chi connectivity index (χ3n) is 2.52. The van der Waals surface area contributed by atoms with E-state index in [4.69, 9.17) is 0 Å². The van der Waals surface area contributed by atoms with Gasteiger partial charge in [0.15, 0.2) is 0 Å². The van der Waals surface area contributed by atoms with Crippen LogP contribution < -0.4 is 5.32 Å². The summed E-state index contributed by atoms with van der Waals surface area (Å²) in [6, 6.07) is 3.75. The van der Waals surface area contributed by atoms with Crippen LogP contribution in [0.4, 0.5) is 11.6 Å². The SMILES string of the molecule is CNc1ccc(Cn2cc(C)c([N+](=O)[O-])n2)cn1. The highest BCUT2D eigenvalue weighted by molar-refractivity contribution is 5.34. The summed E-state index contributed by atoms with van der Waals surface area (Å²) in [5.74, 6) is 0.677. The van der Waals surface area contributed by atoms with Gasteiger partial charge in [0, 0.05) is 13.2 Å². The second-order valence-electron chi connectivity index (χ2n) is 3.89. The summed E-state index contributed by atoms with van der Waals surface area (Å²) >= 11 is 0. The van der Waals surface area contributed by atoms with E-state index in [-0.39, 0.29) is 5.82 Å². The Labute approximate surface area is 104 Å². The van der Waals surface area contributed by atoms with Gasteiger partial charge >= 0.3 is 5.82 Å². The van der Waals surface area contributed by atoms with Crippen molar-refractivity contribution >= 4 is 11.6 Å². The van der Waals surface area contributed by atoms with Gasteiger partial charge in [-0.25, -0.2) is 4.98 Å². The van der Waals surface area contributed by atoms with Gasteiger partial charge in [-0.05, 0) is 23.5 Å². The van der Waals surface area contributed by atoms with Crippen LogP contribution in [0.2, 0.25) is 0 Å². The van der Waals surface area contributed by atoms with Crippen LogP contribution in [-0.2, 0) is 6.54 Å². The zero-order chi connectivity index (χ0) is 13.1. The number of aryl methyl sites for hydroxylation is 1. The molecular formula is C11H13N5O2. The van der Waals surface area contributed by atoms with Gasteiger partial charge in [0.1, 0.15) is 5.82 Å². The minimum atomic E-state index is -0.478. The normalized spacial score (nSPS) is 10.3. The third kappa shape index (κ3) is 2.45. The molecule has 0 radical (unpaired) electrons. The second-order valence-corrected chi connectivity index (χ2v) is 3.89. The van der Waals surface area contributed by atoms with Crippen LogP contribution in [0.25, 0.3) is 0 Å². The molecule has 0 aliphatic heterocycles. The first-order chi connectivity index (χ1) is 8.60. The van der Waals surface area contributed by atoms with Crippen molar-refractivity contribution in [1.82, 2.24) is 14.8 Å². The number of hydrogen-bond donors (Lipinski definition) is 1. The average Bonchev–Trinajstić information content (AvgIpc) is 2.71. The van der Waals surface area contributed by atoms with E-state index in [1.165, 1.54) is 0 Å². The lowest BCUT2D eigenvalue weighted by molar-refractivity contribution is -0.390. The van der Waals surface area contributed by atoms with Crippen LogP contribution >= 0.6 is 0 Å². The van der Waals surface area contributed by atoms with Crippen LogP contribution in [0.5, 0.6) is 0 Å². The number of nitrogens with zero attached hydrogens (tertiary/aromatic N) is 4. The van der Waals surface area contributed by atoms with Crippen molar-refractivity contribution in [3.63, 3.8) is 0 Å². The molecule has 0 aliphatic carbocycles. The fourth-order valence-corrected chi connectivity index (χ4v) is 1.63. The van der Waals surface area contributed by atoms with Crippen LogP contribution in [0.15, 0.2) is 24.5 Å². The second kappa shape index (κ2) is 4.82. The number of nitrogens with one attached hydrogen (secondary N) is 1. The van der Waals surface area contributed by atoms with E-state index in [2.05, 4.69) is 15.4 Å². The molecule has 0 atom stereocenters. The minimum absolute atomic E-state index is 0.102. The fraction of sp³-hybridized carbons (Fsp3) is 0.273. The third-order valence-corrected chi connectivity index (χ3v) is 2.52. The molecule has 0 unspecified atom stereocenters. The minimum Gasteiger partial charge on any atom is -0.373 e. The Balaban J connectivity index is 2.18. The summed E-state index contributed by atoms with van der Waals surface area (Å²) < 4.78 is 1.55. The first-order valence-electron chi connectivity index (χ1n) is 5.41. The van der Waals surface area contributed by atoms with Crippen LogP contribution in [0.3, 0.4) is 0 Å². The molecule has 0 bridgehead atoms. The average molecular weight is 247 g/mol. The molecule has 2 aromatic heterocycles. The largest absolute Gasteiger partial charge is 0.392 e. The molecule has 2 heterocycles. The molecule has 0 aromatic carbocycles. The molecular weight excluding hydrogens is 234 g/mol. The van der Waals surface area contributed by atoms with Crippen molar-refractivity contribution in [3.8, 4) is 0 Å². The molecule has 7 nitrogen and oxygen atoms in total. The highest BCUT2D eigenvalue weighted by atomic mass is 16.6. The smallest absolute Gasteiger partial charge is 0.373 e. The first kappa shape index (κ1) is 12.0. The molecule has 2 aromatic rings. The van der Waals surface area contributed by atoms with Crippen molar-refractivity contribution in [2.45, 2.75) is 13.5 Å².